The molecule has 0 aromatic rings. The largest absolute Gasteiger partial charge is 0.353 e. The molecule has 1 heterocycles. The minimum atomic E-state index is -2.87. The first-order valence-electron chi connectivity index (χ1n) is 7.93. The highest BCUT2D eigenvalue weighted by molar-refractivity contribution is 7.91. The predicted octanol–water partition coefficient (Wildman–Crippen LogP) is 1.75. The Hall–Kier alpha value is -0.580. The van der Waals surface area contributed by atoms with Crippen LogP contribution in [0.25, 0.3) is 0 Å². The molecule has 5 unspecified atom stereocenters. The molecular weight excluding hydrogens is 274 g/mol. The number of nitrogens with one attached hydrogen (secondary N) is 1. The zero-order valence-electron chi connectivity index (χ0n) is 12.2. The molecule has 5 atom stereocenters. The first kappa shape index (κ1) is 14.4. The molecule has 114 valence electrons. The fourth-order valence-electron chi connectivity index (χ4n) is 4.62. The number of sulfone groups is 1. The smallest absolute Gasteiger partial charge is 0.220 e. The highest BCUT2D eigenvalue weighted by Gasteiger charge is 2.42. The molecule has 5 heteroatoms. The molecule has 20 heavy (non-hydrogen) atoms. The predicted molar refractivity (Wildman–Crippen MR) is 77.9 cm³/mol. The molecule has 1 saturated heterocycles. The van der Waals surface area contributed by atoms with Gasteiger partial charge in [-0.05, 0) is 56.3 Å². The Kier molecular flexibility index (Phi) is 3.82. The van der Waals surface area contributed by atoms with Gasteiger partial charge in [0, 0.05) is 12.5 Å². The fourth-order valence-corrected chi connectivity index (χ4v) is 6.48. The van der Waals surface area contributed by atoms with Crippen LogP contribution in [-0.4, -0.2) is 31.9 Å². The normalized spacial score (nSPS) is 39.9. The van der Waals surface area contributed by atoms with Gasteiger partial charge in [-0.25, -0.2) is 8.42 Å². The number of rotatable bonds is 4. The highest BCUT2D eigenvalue weighted by Crippen LogP contribution is 2.49. The lowest BCUT2D eigenvalue weighted by atomic mass is 9.84. The molecule has 3 rings (SSSR count). The van der Waals surface area contributed by atoms with Gasteiger partial charge in [0.1, 0.15) is 0 Å². The van der Waals surface area contributed by atoms with Crippen LogP contribution in [0.1, 0.15) is 45.4 Å². The first-order chi connectivity index (χ1) is 9.43. The molecule has 1 N–H and O–H groups in total. The second-order valence-corrected chi connectivity index (χ2v) is 9.40. The summed E-state index contributed by atoms with van der Waals surface area (Å²) < 4.78 is 22.8. The van der Waals surface area contributed by atoms with Crippen molar-refractivity contribution >= 4 is 15.7 Å². The van der Waals surface area contributed by atoms with Crippen molar-refractivity contribution in [1.82, 2.24) is 5.32 Å². The molecule has 0 aromatic carbocycles. The molecule has 0 radical (unpaired) electrons. The van der Waals surface area contributed by atoms with Crippen molar-refractivity contribution in [3.8, 4) is 0 Å². The molecule has 1 amide bonds. The Morgan fingerprint density at radius 1 is 1.25 bits per heavy atom. The number of amides is 1. The molecule has 2 bridgehead atoms. The van der Waals surface area contributed by atoms with Crippen molar-refractivity contribution in [2.24, 2.45) is 23.7 Å². The zero-order valence-corrected chi connectivity index (χ0v) is 13.0. The maximum absolute atomic E-state index is 12.1. The van der Waals surface area contributed by atoms with Crippen LogP contribution in [0.4, 0.5) is 0 Å². The van der Waals surface area contributed by atoms with E-state index < -0.39 is 9.84 Å². The van der Waals surface area contributed by atoms with E-state index in [1.165, 1.54) is 25.7 Å². The van der Waals surface area contributed by atoms with Gasteiger partial charge in [0.05, 0.1) is 11.5 Å². The van der Waals surface area contributed by atoms with Gasteiger partial charge in [-0.1, -0.05) is 6.42 Å². The lowest BCUT2D eigenvalue weighted by Crippen LogP contribution is -2.40. The number of hydrogen-bond acceptors (Lipinski definition) is 3. The van der Waals surface area contributed by atoms with E-state index in [1.807, 2.05) is 0 Å². The summed E-state index contributed by atoms with van der Waals surface area (Å²) in [6.07, 6.45) is 6.36. The van der Waals surface area contributed by atoms with E-state index in [2.05, 4.69) is 12.2 Å². The molecule has 3 fully saturated rings. The first-order valence-corrected chi connectivity index (χ1v) is 9.75. The number of fused-ring (bicyclic) bond motifs is 2. The Labute approximate surface area is 121 Å². The maximum Gasteiger partial charge on any atom is 0.220 e. The standard InChI is InChI=1S/C15H25NO3S/c1-10(14-7-11-2-3-13(14)6-11)16-15(17)8-12-4-5-20(18,19)9-12/h10-14H,2-9H2,1H3,(H,16,17). The monoisotopic (exact) mass is 299 g/mol. The van der Waals surface area contributed by atoms with E-state index in [0.717, 1.165) is 11.8 Å². The fraction of sp³-hybridized carbons (Fsp3) is 0.933. The third kappa shape index (κ3) is 3.02. The maximum atomic E-state index is 12.1. The van der Waals surface area contributed by atoms with E-state index >= 15 is 0 Å². The Bertz CT molecular complexity index is 487. The highest BCUT2D eigenvalue weighted by atomic mass is 32.2. The summed E-state index contributed by atoms with van der Waals surface area (Å²) in [7, 11) is -2.87. The van der Waals surface area contributed by atoms with Crippen molar-refractivity contribution in [2.75, 3.05) is 11.5 Å². The van der Waals surface area contributed by atoms with Gasteiger partial charge in [0.15, 0.2) is 9.84 Å². The van der Waals surface area contributed by atoms with Crippen LogP contribution >= 0.6 is 0 Å². The van der Waals surface area contributed by atoms with Crippen molar-refractivity contribution < 1.29 is 13.2 Å². The second kappa shape index (κ2) is 5.32. The van der Waals surface area contributed by atoms with Gasteiger partial charge in [-0.2, -0.15) is 0 Å². The molecule has 3 aliphatic rings. The summed E-state index contributed by atoms with van der Waals surface area (Å²) in [5, 5.41) is 3.13. The lowest BCUT2D eigenvalue weighted by molar-refractivity contribution is -0.122. The minimum absolute atomic E-state index is 0.0345. The van der Waals surface area contributed by atoms with E-state index in [1.54, 1.807) is 0 Å². The SMILES string of the molecule is CC(NC(=O)CC1CCS(=O)(=O)C1)C1CC2CCC1C2. The lowest BCUT2D eigenvalue weighted by Gasteiger charge is -2.28. The zero-order chi connectivity index (χ0) is 14.3. The van der Waals surface area contributed by atoms with Crippen molar-refractivity contribution in [3.63, 3.8) is 0 Å². The average Bonchev–Trinajstić information content (AvgIpc) is 3.04. The van der Waals surface area contributed by atoms with E-state index in [0.29, 0.717) is 18.8 Å². The van der Waals surface area contributed by atoms with Gasteiger partial charge in [0.25, 0.3) is 0 Å². The molecule has 1 aliphatic heterocycles. The van der Waals surface area contributed by atoms with Crippen molar-refractivity contribution in [2.45, 2.75) is 51.5 Å². The molecule has 4 nitrogen and oxygen atoms in total. The van der Waals surface area contributed by atoms with Crippen molar-refractivity contribution in [3.05, 3.63) is 0 Å². The Morgan fingerprint density at radius 2 is 2.05 bits per heavy atom. The molecule has 0 aromatic heterocycles. The third-order valence-electron chi connectivity index (χ3n) is 5.62. The van der Waals surface area contributed by atoms with Crippen molar-refractivity contribution in [1.29, 1.82) is 0 Å². The number of carbonyl (C=O) groups excluding carboxylic acids is 1. The van der Waals surface area contributed by atoms with Crippen LogP contribution < -0.4 is 5.32 Å². The Morgan fingerprint density at radius 3 is 2.60 bits per heavy atom. The summed E-state index contributed by atoms with van der Waals surface area (Å²) >= 11 is 0. The molecule has 0 spiro atoms. The van der Waals surface area contributed by atoms with Crippen LogP contribution in [0.5, 0.6) is 0 Å². The molecule has 2 saturated carbocycles. The van der Waals surface area contributed by atoms with Gasteiger partial charge in [-0.3, -0.25) is 4.79 Å². The molecule has 2 aliphatic carbocycles. The summed E-state index contributed by atoms with van der Waals surface area (Å²) in [4.78, 5) is 12.1. The van der Waals surface area contributed by atoms with Crippen LogP contribution in [0.3, 0.4) is 0 Å². The van der Waals surface area contributed by atoms with Crippen LogP contribution in [-0.2, 0) is 14.6 Å². The summed E-state index contributed by atoms with van der Waals surface area (Å²) in [6.45, 7) is 2.12. The van der Waals surface area contributed by atoms with Gasteiger partial charge < -0.3 is 5.32 Å². The minimum Gasteiger partial charge on any atom is -0.353 e. The Balaban J connectivity index is 1.47. The van der Waals surface area contributed by atoms with Gasteiger partial charge in [-0.15, -0.1) is 0 Å². The van der Waals surface area contributed by atoms with E-state index in [4.69, 9.17) is 0 Å². The van der Waals surface area contributed by atoms with Crippen LogP contribution in [0, 0.1) is 23.7 Å². The topological polar surface area (TPSA) is 63.2 Å². The quantitative estimate of drug-likeness (QED) is 0.860. The molecular formula is C15H25NO3S. The third-order valence-corrected chi connectivity index (χ3v) is 7.46. The summed E-state index contributed by atoms with van der Waals surface area (Å²) in [5.41, 5.74) is 0. The van der Waals surface area contributed by atoms with Crippen LogP contribution in [0.15, 0.2) is 0 Å². The van der Waals surface area contributed by atoms with E-state index in [-0.39, 0.29) is 29.4 Å². The van der Waals surface area contributed by atoms with Crippen LogP contribution in [0.2, 0.25) is 0 Å². The van der Waals surface area contributed by atoms with Gasteiger partial charge >= 0.3 is 0 Å². The summed E-state index contributed by atoms with van der Waals surface area (Å²) in [5.74, 6) is 2.88. The van der Waals surface area contributed by atoms with E-state index in [9.17, 15) is 13.2 Å². The summed E-state index contributed by atoms with van der Waals surface area (Å²) in [6, 6.07) is 0.246. The van der Waals surface area contributed by atoms with Gasteiger partial charge in [0.2, 0.25) is 5.91 Å². The number of hydrogen-bond donors (Lipinski definition) is 1. The number of carbonyl (C=O) groups is 1. The average molecular weight is 299 g/mol. The second-order valence-electron chi connectivity index (χ2n) is 7.17.